The summed E-state index contributed by atoms with van der Waals surface area (Å²) in [6, 6.07) is 10.2. The van der Waals surface area contributed by atoms with Crippen LogP contribution in [0.5, 0.6) is 5.75 Å². The van der Waals surface area contributed by atoms with Crippen LogP contribution in [-0.2, 0) is 26.0 Å². The Morgan fingerprint density at radius 3 is 2.60 bits per heavy atom. The van der Waals surface area contributed by atoms with Crippen LogP contribution in [0, 0.1) is 5.82 Å². The smallest absolute Gasteiger partial charge is 0.262 e. The number of nitrogens with one attached hydrogen (secondary N) is 1. The maximum atomic E-state index is 13.3. The molecule has 0 radical (unpaired) electrons. The Bertz CT molecular complexity index is 1100. The fourth-order valence-corrected chi connectivity index (χ4v) is 4.93. The van der Waals surface area contributed by atoms with Crippen LogP contribution in [0.25, 0.3) is 0 Å². The second kappa shape index (κ2) is 8.04. The zero-order chi connectivity index (χ0) is 21.3. The molecule has 0 spiro atoms. The van der Waals surface area contributed by atoms with Gasteiger partial charge in [0, 0.05) is 26.2 Å². The average Bonchev–Trinajstić information content (AvgIpc) is 2.73. The van der Waals surface area contributed by atoms with Gasteiger partial charge in [0.25, 0.3) is 5.91 Å². The minimum Gasteiger partial charge on any atom is -0.482 e. The molecule has 2 heterocycles. The predicted octanol–water partition coefficient (Wildman–Crippen LogP) is 1.23. The second-order valence-electron chi connectivity index (χ2n) is 7.09. The standard InChI is InChI=1S/C20H20FN3O5S/c21-15-3-1-2-14(10-15)11-20(26)23-6-8-24(9-7-23)30(27,28)16-4-5-18-17(12-16)22-19(25)13-29-18/h1-5,10,12H,6-9,11,13H2,(H,22,25). The molecule has 158 valence electrons. The first kappa shape index (κ1) is 20.3. The number of fused-ring (bicyclic) bond motifs is 1. The van der Waals surface area contributed by atoms with Crippen LogP contribution in [0.1, 0.15) is 5.56 Å². The van der Waals surface area contributed by atoms with Gasteiger partial charge in [-0.15, -0.1) is 0 Å². The molecular weight excluding hydrogens is 413 g/mol. The molecule has 1 saturated heterocycles. The second-order valence-corrected chi connectivity index (χ2v) is 9.02. The van der Waals surface area contributed by atoms with Gasteiger partial charge in [-0.25, -0.2) is 12.8 Å². The Hall–Kier alpha value is -2.98. The molecular formula is C20H20FN3O5S. The molecule has 1 N–H and O–H groups in total. The summed E-state index contributed by atoms with van der Waals surface area (Å²) in [4.78, 5) is 25.6. The molecule has 8 nitrogen and oxygen atoms in total. The van der Waals surface area contributed by atoms with Gasteiger partial charge in [-0.3, -0.25) is 9.59 Å². The summed E-state index contributed by atoms with van der Waals surface area (Å²) in [6.45, 7) is 0.690. The van der Waals surface area contributed by atoms with E-state index < -0.39 is 15.8 Å². The van der Waals surface area contributed by atoms with E-state index in [0.717, 1.165) is 0 Å². The summed E-state index contributed by atoms with van der Waals surface area (Å²) in [5, 5.41) is 2.60. The molecule has 2 amide bonds. The van der Waals surface area contributed by atoms with Crippen molar-refractivity contribution < 1.29 is 27.1 Å². The number of hydrogen-bond acceptors (Lipinski definition) is 5. The van der Waals surface area contributed by atoms with Crippen molar-refractivity contribution in [1.29, 1.82) is 0 Å². The van der Waals surface area contributed by atoms with E-state index in [1.165, 1.54) is 34.6 Å². The van der Waals surface area contributed by atoms with Crippen molar-refractivity contribution >= 4 is 27.5 Å². The van der Waals surface area contributed by atoms with Crippen LogP contribution >= 0.6 is 0 Å². The number of ether oxygens (including phenoxy) is 1. The van der Waals surface area contributed by atoms with E-state index in [0.29, 0.717) is 17.0 Å². The first-order valence-electron chi connectivity index (χ1n) is 9.42. The van der Waals surface area contributed by atoms with E-state index in [2.05, 4.69) is 5.32 Å². The number of carbonyl (C=O) groups excluding carboxylic acids is 2. The minimum atomic E-state index is -3.79. The van der Waals surface area contributed by atoms with Crippen molar-refractivity contribution in [2.75, 3.05) is 38.1 Å². The van der Waals surface area contributed by atoms with E-state index >= 15 is 0 Å². The van der Waals surface area contributed by atoms with Crippen molar-refractivity contribution in [3.05, 3.63) is 53.8 Å². The van der Waals surface area contributed by atoms with Crippen LogP contribution < -0.4 is 10.1 Å². The molecule has 2 aromatic rings. The highest BCUT2D eigenvalue weighted by molar-refractivity contribution is 7.89. The monoisotopic (exact) mass is 433 g/mol. The average molecular weight is 433 g/mol. The molecule has 0 aliphatic carbocycles. The molecule has 0 saturated carbocycles. The van der Waals surface area contributed by atoms with Gasteiger partial charge in [-0.05, 0) is 35.9 Å². The van der Waals surface area contributed by atoms with E-state index in [4.69, 9.17) is 4.74 Å². The summed E-state index contributed by atoms with van der Waals surface area (Å²) >= 11 is 0. The Kier molecular flexibility index (Phi) is 5.44. The zero-order valence-electron chi connectivity index (χ0n) is 16.0. The summed E-state index contributed by atoms with van der Waals surface area (Å²) in [5.74, 6) is -0.502. The van der Waals surface area contributed by atoms with Crippen LogP contribution in [0.3, 0.4) is 0 Å². The topological polar surface area (TPSA) is 96.0 Å². The first-order chi connectivity index (χ1) is 14.3. The third kappa shape index (κ3) is 4.14. The number of benzene rings is 2. The van der Waals surface area contributed by atoms with E-state index in [9.17, 15) is 22.4 Å². The van der Waals surface area contributed by atoms with Gasteiger partial charge in [0.05, 0.1) is 17.0 Å². The zero-order valence-corrected chi connectivity index (χ0v) is 16.8. The molecule has 2 aliphatic heterocycles. The molecule has 1 fully saturated rings. The lowest BCUT2D eigenvalue weighted by atomic mass is 10.1. The third-order valence-electron chi connectivity index (χ3n) is 5.06. The van der Waals surface area contributed by atoms with Crippen LogP contribution in [-0.4, -0.2) is 62.2 Å². The summed E-state index contributed by atoms with van der Waals surface area (Å²) in [6.07, 6.45) is 0.0645. The fourth-order valence-electron chi connectivity index (χ4n) is 3.48. The molecule has 10 heteroatoms. The third-order valence-corrected chi connectivity index (χ3v) is 6.95. The highest BCUT2D eigenvalue weighted by Crippen LogP contribution is 2.31. The number of nitrogens with zero attached hydrogens (tertiary/aromatic N) is 2. The largest absolute Gasteiger partial charge is 0.482 e. The normalized spacial score (nSPS) is 17.1. The van der Waals surface area contributed by atoms with Gasteiger partial charge in [-0.1, -0.05) is 12.1 Å². The number of halogens is 1. The quantitative estimate of drug-likeness (QED) is 0.783. The lowest BCUT2D eigenvalue weighted by Crippen LogP contribution is -2.50. The number of hydrogen-bond donors (Lipinski definition) is 1. The molecule has 2 aromatic carbocycles. The first-order valence-corrected chi connectivity index (χ1v) is 10.9. The number of rotatable bonds is 4. The van der Waals surface area contributed by atoms with Crippen molar-refractivity contribution in [1.82, 2.24) is 9.21 Å². The lowest BCUT2D eigenvalue weighted by Gasteiger charge is -2.34. The molecule has 4 rings (SSSR count). The molecule has 0 bridgehead atoms. The number of anilines is 1. The fraction of sp³-hybridized carbons (Fsp3) is 0.300. The maximum absolute atomic E-state index is 13.3. The van der Waals surface area contributed by atoms with Crippen LogP contribution in [0.4, 0.5) is 10.1 Å². The summed E-state index contributed by atoms with van der Waals surface area (Å²) in [7, 11) is -3.79. The van der Waals surface area contributed by atoms with Crippen LogP contribution in [0.2, 0.25) is 0 Å². The van der Waals surface area contributed by atoms with Gasteiger partial charge in [-0.2, -0.15) is 4.31 Å². The maximum Gasteiger partial charge on any atom is 0.262 e. The predicted molar refractivity (Wildman–Crippen MR) is 106 cm³/mol. The van der Waals surface area contributed by atoms with Gasteiger partial charge in [0.1, 0.15) is 11.6 Å². The summed E-state index contributed by atoms with van der Waals surface area (Å²) in [5.41, 5.74) is 0.893. The SMILES string of the molecule is O=C1COc2ccc(S(=O)(=O)N3CCN(C(=O)Cc4cccc(F)c4)CC3)cc2N1. The Labute approximate surface area is 173 Å². The van der Waals surface area contributed by atoms with Gasteiger partial charge >= 0.3 is 0 Å². The van der Waals surface area contributed by atoms with Gasteiger partial charge < -0.3 is 15.0 Å². The summed E-state index contributed by atoms with van der Waals surface area (Å²) < 4.78 is 45.8. The number of carbonyl (C=O) groups is 2. The van der Waals surface area contributed by atoms with Crippen molar-refractivity contribution in [3.63, 3.8) is 0 Å². The Balaban J connectivity index is 1.41. The molecule has 2 aliphatic rings. The van der Waals surface area contributed by atoms with Crippen molar-refractivity contribution in [3.8, 4) is 5.75 Å². The Morgan fingerprint density at radius 1 is 1.10 bits per heavy atom. The van der Waals surface area contributed by atoms with Crippen LogP contribution in [0.15, 0.2) is 47.4 Å². The molecule has 0 atom stereocenters. The molecule has 0 aromatic heterocycles. The number of amides is 2. The van der Waals surface area contributed by atoms with E-state index in [1.54, 1.807) is 17.0 Å². The Morgan fingerprint density at radius 2 is 1.87 bits per heavy atom. The van der Waals surface area contributed by atoms with Crippen molar-refractivity contribution in [2.24, 2.45) is 0 Å². The lowest BCUT2D eigenvalue weighted by molar-refractivity contribution is -0.131. The highest BCUT2D eigenvalue weighted by Gasteiger charge is 2.31. The van der Waals surface area contributed by atoms with Gasteiger partial charge in [0.15, 0.2) is 6.61 Å². The molecule has 0 unspecified atom stereocenters. The van der Waals surface area contributed by atoms with E-state index in [1.807, 2.05) is 0 Å². The minimum absolute atomic E-state index is 0.0478. The molecule has 30 heavy (non-hydrogen) atoms. The van der Waals surface area contributed by atoms with Crippen molar-refractivity contribution in [2.45, 2.75) is 11.3 Å². The number of piperazine rings is 1. The number of sulfonamides is 1. The van der Waals surface area contributed by atoms with Gasteiger partial charge in [0.2, 0.25) is 15.9 Å². The highest BCUT2D eigenvalue weighted by atomic mass is 32.2. The van der Waals surface area contributed by atoms with E-state index in [-0.39, 0.29) is 55.9 Å².